The third-order valence-corrected chi connectivity index (χ3v) is 3.98. The van der Waals surface area contributed by atoms with Crippen molar-refractivity contribution in [3.63, 3.8) is 0 Å². The Kier molecular flexibility index (Phi) is 5.25. The van der Waals surface area contributed by atoms with Gasteiger partial charge >= 0.3 is 0 Å². The molecular formula is C15H18ClNOS. The molecule has 0 spiro atoms. The molecule has 2 aromatic rings. The van der Waals surface area contributed by atoms with Gasteiger partial charge in [0.2, 0.25) is 0 Å². The second-order valence-electron chi connectivity index (χ2n) is 4.39. The van der Waals surface area contributed by atoms with Crippen LogP contribution in [0.5, 0.6) is 5.75 Å². The van der Waals surface area contributed by atoms with Crippen LogP contribution in [0.25, 0.3) is 0 Å². The first-order valence-corrected chi connectivity index (χ1v) is 7.55. The number of rotatable bonds is 6. The van der Waals surface area contributed by atoms with Crippen molar-refractivity contribution in [1.29, 1.82) is 0 Å². The molecule has 102 valence electrons. The Hall–Kier alpha value is -1.03. The van der Waals surface area contributed by atoms with E-state index in [4.69, 9.17) is 16.3 Å². The lowest BCUT2D eigenvalue weighted by Gasteiger charge is -2.12. The minimum Gasteiger partial charge on any atom is -0.488 e. The second-order valence-corrected chi connectivity index (χ2v) is 6.19. The van der Waals surface area contributed by atoms with Crippen LogP contribution in [0.15, 0.2) is 30.3 Å². The fourth-order valence-electron chi connectivity index (χ4n) is 1.83. The molecule has 0 atom stereocenters. The van der Waals surface area contributed by atoms with Gasteiger partial charge in [-0.15, -0.1) is 11.3 Å². The minimum atomic E-state index is 0.569. The van der Waals surface area contributed by atoms with Crippen molar-refractivity contribution in [3.8, 4) is 5.75 Å². The van der Waals surface area contributed by atoms with Gasteiger partial charge in [-0.25, -0.2) is 0 Å². The lowest BCUT2D eigenvalue weighted by Crippen LogP contribution is -2.13. The molecule has 0 radical (unpaired) electrons. The van der Waals surface area contributed by atoms with Crippen LogP contribution in [0.1, 0.15) is 22.9 Å². The van der Waals surface area contributed by atoms with E-state index >= 15 is 0 Å². The zero-order chi connectivity index (χ0) is 13.7. The minimum absolute atomic E-state index is 0.569. The summed E-state index contributed by atoms with van der Waals surface area (Å²) in [6, 6.07) is 10.2. The Balaban J connectivity index is 2.05. The zero-order valence-corrected chi connectivity index (χ0v) is 12.8. The van der Waals surface area contributed by atoms with Crippen molar-refractivity contribution in [2.45, 2.75) is 27.0 Å². The first kappa shape index (κ1) is 14.4. The summed E-state index contributed by atoms with van der Waals surface area (Å²) >= 11 is 7.47. The third kappa shape index (κ3) is 4.23. The van der Waals surface area contributed by atoms with Gasteiger partial charge in [0.05, 0.1) is 4.34 Å². The van der Waals surface area contributed by atoms with Crippen LogP contribution in [0.2, 0.25) is 4.34 Å². The average molecular weight is 296 g/mol. The van der Waals surface area contributed by atoms with Gasteiger partial charge in [0.1, 0.15) is 12.4 Å². The summed E-state index contributed by atoms with van der Waals surface area (Å²) in [4.78, 5) is 1.14. The maximum absolute atomic E-state index is 5.92. The van der Waals surface area contributed by atoms with Crippen molar-refractivity contribution < 1.29 is 4.74 Å². The van der Waals surface area contributed by atoms with Crippen LogP contribution < -0.4 is 10.1 Å². The largest absolute Gasteiger partial charge is 0.488 e. The number of hydrogen-bond acceptors (Lipinski definition) is 3. The Bertz CT molecular complexity index is 539. The molecule has 2 rings (SSSR count). The molecule has 0 aliphatic carbocycles. The standard InChI is InChI=1S/C15H18ClNOS/c1-3-17-9-12-8-11(2)4-6-14(12)18-10-13-5-7-15(16)19-13/h4-8,17H,3,9-10H2,1-2H3. The van der Waals surface area contributed by atoms with Crippen LogP contribution in [0.4, 0.5) is 0 Å². The van der Waals surface area contributed by atoms with E-state index in [1.165, 1.54) is 11.1 Å². The van der Waals surface area contributed by atoms with E-state index in [1.54, 1.807) is 11.3 Å². The highest BCUT2D eigenvalue weighted by atomic mass is 35.5. The molecule has 1 aromatic carbocycles. The van der Waals surface area contributed by atoms with E-state index in [0.717, 1.165) is 28.1 Å². The Morgan fingerprint density at radius 1 is 1.26 bits per heavy atom. The van der Waals surface area contributed by atoms with Gasteiger partial charge in [0, 0.05) is 17.0 Å². The topological polar surface area (TPSA) is 21.3 Å². The van der Waals surface area contributed by atoms with Crippen LogP contribution in [-0.2, 0) is 13.2 Å². The number of benzene rings is 1. The smallest absolute Gasteiger partial charge is 0.124 e. The van der Waals surface area contributed by atoms with E-state index in [2.05, 4.69) is 31.3 Å². The second kappa shape index (κ2) is 6.94. The number of halogens is 1. The van der Waals surface area contributed by atoms with Crippen LogP contribution in [0, 0.1) is 6.92 Å². The Labute approximate surface area is 123 Å². The van der Waals surface area contributed by atoms with Crippen LogP contribution in [-0.4, -0.2) is 6.54 Å². The van der Waals surface area contributed by atoms with E-state index < -0.39 is 0 Å². The molecule has 2 nitrogen and oxygen atoms in total. The molecule has 0 aliphatic heterocycles. The first-order valence-electron chi connectivity index (χ1n) is 6.36. The van der Waals surface area contributed by atoms with Gasteiger partial charge in [-0.05, 0) is 31.7 Å². The van der Waals surface area contributed by atoms with Crippen molar-refractivity contribution in [1.82, 2.24) is 5.32 Å². The molecule has 0 saturated heterocycles. The molecule has 0 saturated carbocycles. The lowest BCUT2D eigenvalue weighted by molar-refractivity contribution is 0.305. The molecule has 19 heavy (non-hydrogen) atoms. The monoisotopic (exact) mass is 295 g/mol. The fraction of sp³-hybridized carbons (Fsp3) is 0.333. The van der Waals surface area contributed by atoms with Gasteiger partial charge in [-0.2, -0.15) is 0 Å². The summed E-state index contributed by atoms with van der Waals surface area (Å²) in [5.74, 6) is 0.941. The van der Waals surface area contributed by atoms with Gasteiger partial charge in [0.25, 0.3) is 0 Å². The summed E-state index contributed by atoms with van der Waals surface area (Å²) in [6.45, 7) is 6.55. The van der Waals surface area contributed by atoms with E-state index in [1.807, 2.05) is 18.2 Å². The molecular weight excluding hydrogens is 278 g/mol. The summed E-state index contributed by atoms with van der Waals surface area (Å²) in [5, 5.41) is 3.34. The molecule has 0 fully saturated rings. The van der Waals surface area contributed by atoms with E-state index in [-0.39, 0.29) is 0 Å². The molecule has 4 heteroatoms. The molecule has 1 aromatic heterocycles. The lowest BCUT2D eigenvalue weighted by atomic mass is 10.1. The summed E-state index contributed by atoms with van der Waals surface area (Å²) in [6.07, 6.45) is 0. The fourth-order valence-corrected chi connectivity index (χ4v) is 2.83. The normalized spacial score (nSPS) is 10.7. The molecule has 1 N–H and O–H groups in total. The third-order valence-electron chi connectivity index (χ3n) is 2.78. The molecule has 1 heterocycles. The molecule has 0 aliphatic rings. The number of thiophene rings is 1. The number of aryl methyl sites for hydroxylation is 1. The van der Waals surface area contributed by atoms with Crippen molar-refractivity contribution >= 4 is 22.9 Å². The molecule has 0 amide bonds. The quantitative estimate of drug-likeness (QED) is 0.853. The zero-order valence-electron chi connectivity index (χ0n) is 11.2. The summed E-state index contributed by atoms with van der Waals surface area (Å²) < 4.78 is 6.70. The summed E-state index contributed by atoms with van der Waals surface area (Å²) in [5.41, 5.74) is 2.45. The number of ether oxygens (including phenoxy) is 1. The Morgan fingerprint density at radius 3 is 2.79 bits per heavy atom. The predicted octanol–water partition coefficient (Wildman–Crippen LogP) is 4.40. The van der Waals surface area contributed by atoms with E-state index in [0.29, 0.717) is 6.61 Å². The maximum Gasteiger partial charge on any atom is 0.124 e. The average Bonchev–Trinajstić information content (AvgIpc) is 2.81. The first-order chi connectivity index (χ1) is 9.19. The van der Waals surface area contributed by atoms with Crippen molar-refractivity contribution in [3.05, 3.63) is 50.7 Å². The predicted molar refractivity (Wildman–Crippen MR) is 82.2 cm³/mol. The SMILES string of the molecule is CCNCc1cc(C)ccc1OCc1ccc(Cl)s1. The highest BCUT2D eigenvalue weighted by molar-refractivity contribution is 7.16. The van der Waals surface area contributed by atoms with Crippen molar-refractivity contribution in [2.24, 2.45) is 0 Å². The van der Waals surface area contributed by atoms with Crippen molar-refractivity contribution in [2.75, 3.05) is 6.54 Å². The highest BCUT2D eigenvalue weighted by Gasteiger charge is 2.05. The molecule has 0 unspecified atom stereocenters. The summed E-state index contributed by atoms with van der Waals surface area (Å²) in [7, 11) is 0. The van der Waals surface area contributed by atoms with Gasteiger partial charge in [0.15, 0.2) is 0 Å². The van der Waals surface area contributed by atoms with Crippen LogP contribution >= 0.6 is 22.9 Å². The Morgan fingerprint density at radius 2 is 2.11 bits per heavy atom. The highest BCUT2D eigenvalue weighted by Crippen LogP contribution is 2.25. The van der Waals surface area contributed by atoms with Crippen LogP contribution in [0.3, 0.4) is 0 Å². The number of hydrogen-bond donors (Lipinski definition) is 1. The van der Waals surface area contributed by atoms with Gasteiger partial charge in [-0.3, -0.25) is 0 Å². The molecule has 0 bridgehead atoms. The van der Waals surface area contributed by atoms with Gasteiger partial charge < -0.3 is 10.1 Å². The van der Waals surface area contributed by atoms with Gasteiger partial charge in [-0.1, -0.05) is 36.2 Å². The number of nitrogens with one attached hydrogen (secondary N) is 1. The van der Waals surface area contributed by atoms with E-state index in [9.17, 15) is 0 Å². The maximum atomic E-state index is 5.92.